The van der Waals surface area contributed by atoms with E-state index in [1.54, 1.807) is 5.57 Å². The molecule has 2 heteroatoms. The summed E-state index contributed by atoms with van der Waals surface area (Å²) in [5.74, 6) is 2.80. The lowest BCUT2D eigenvalue weighted by molar-refractivity contribution is -0.00356. The lowest BCUT2D eigenvalue weighted by atomic mass is 9.51. The summed E-state index contributed by atoms with van der Waals surface area (Å²) in [6, 6.07) is 0. The van der Waals surface area contributed by atoms with Gasteiger partial charge >= 0.3 is 0 Å². The van der Waals surface area contributed by atoms with E-state index in [0.717, 1.165) is 49.9 Å². The van der Waals surface area contributed by atoms with Crippen LogP contribution >= 0.6 is 0 Å². The second-order valence-electron chi connectivity index (χ2n) is 12.2. The molecule has 3 rings (SSSR count). The van der Waals surface area contributed by atoms with Crippen LogP contribution in [0.3, 0.4) is 0 Å². The number of allylic oxidation sites excluding steroid dienone is 3. The largest absolute Gasteiger partial charge is 0.393 e. The molecule has 0 bridgehead atoms. The molecule has 0 radical (unpaired) electrons. The van der Waals surface area contributed by atoms with E-state index in [2.05, 4.69) is 32.9 Å². The van der Waals surface area contributed by atoms with Crippen molar-refractivity contribution in [3.8, 4) is 0 Å². The maximum absolute atomic E-state index is 10.4. The summed E-state index contributed by atoms with van der Waals surface area (Å²) in [5, 5.41) is 20.5. The summed E-state index contributed by atoms with van der Waals surface area (Å²) in [4.78, 5) is 0. The summed E-state index contributed by atoms with van der Waals surface area (Å²) in [7, 11) is 0. The Kier molecular flexibility index (Phi) is 8.52. The van der Waals surface area contributed by atoms with Crippen molar-refractivity contribution in [3.05, 3.63) is 23.3 Å². The molecule has 0 aromatic heterocycles. The zero-order valence-electron chi connectivity index (χ0n) is 21.1. The van der Waals surface area contributed by atoms with Crippen molar-refractivity contribution in [2.45, 2.75) is 130 Å². The van der Waals surface area contributed by atoms with E-state index in [1.807, 2.05) is 13.8 Å². The smallest absolute Gasteiger partial charge is 0.0605 e. The first-order valence-electron chi connectivity index (χ1n) is 13.4. The number of aliphatic hydroxyl groups excluding tert-OH is 1. The van der Waals surface area contributed by atoms with Gasteiger partial charge in [-0.25, -0.2) is 0 Å². The predicted molar refractivity (Wildman–Crippen MR) is 132 cm³/mol. The third-order valence-electron chi connectivity index (χ3n) is 9.32. The Hall–Kier alpha value is -0.600. The van der Waals surface area contributed by atoms with Gasteiger partial charge < -0.3 is 10.2 Å². The van der Waals surface area contributed by atoms with Gasteiger partial charge in [-0.2, -0.15) is 0 Å². The molecule has 0 aromatic rings. The Balaban J connectivity index is 1.68. The SMILES string of the molecule is CCC1CC/C(=C/C=C2\CCCC3(C)C2CCCC3C(C)CCCC(C)(C)O)CC1O. The lowest BCUT2D eigenvalue weighted by Crippen LogP contribution is -2.44. The van der Waals surface area contributed by atoms with Crippen LogP contribution in [0.5, 0.6) is 0 Å². The Labute approximate surface area is 192 Å². The van der Waals surface area contributed by atoms with Crippen LogP contribution in [0.25, 0.3) is 0 Å². The van der Waals surface area contributed by atoms with Crippen LogP contribution in [0, 0.1) is 29.1 Å². The predicted octanol–water partition coefficient (Wildman–Crippen LogP) is 7.59. The van der Waals surface area contributed by atoms with E-state index >= 15 is 0 Å². The minimum atomic E-state index is -0.531. The molecule has 31 heavy (non-hydrogen) atoms. The summed E-state index contributed by atoms with van der Waals surface area (Å²) >= 11 is 0. The minimum Gasteiger partial charge on any atom is -0.393 e. The number of hydrogen-bond donors (Lipinski definition) is 2. The molecule has 0 amide bonds. The molecule has 0 spiro atoms. The van der Waals surface area contributed by atoms with Crippen molar-refractivity contribution in [3.63, 3.8) is 0 Å². The number of aliphatic hydroxyl groups is 2. The van der Waals surface area contributed by atoms with Crippen molar-refractivity contribution in [2.24, 2.45) is 29.1 Å². The zero-order chi connectivity index (χ0) is 22.6. The van der Waals surface area contributed by atoms with E-state index in [1.165, 1.54) is 56.9 Å². The minimum absolute atomic E-state index is 0.135. The van der Waals surface area contributed by atoms with Crippen LogP contribution in [0.15, 0.2) is 23.3 Å². The van der Waals surface area contributed by atoms with E-state index in [0.29, 0.717) is 11.3 Å². The van der Waals surface area contributed by atoms with Gasteiger partial charge in [0.15, 0.2) is 0 Å². The fourth-order valence-corrected chi connectivity index (χ4v) is 7.42. The van der Waals surface area contributed by atoms with Crippen molar-refractivity contribution in [1.29, 1.82) is 0 Å². The van der Waals surface area contributed by atoms with Crippen molar-refractivity contribution in [2.75, 3.05) is 0 Å². The Morgan fingerprint density at radius 1 is 1.13 bits per heavy atom. The molecule has 3 saturated carbocycles. The highest BCUT2D eigenvalue weighted by Crippen LogP contribution is 2.57. The van der Waals surface area contributed by atoms with Gasteiger partial charge in [0.2, 0.25) is 0 Å². The van der Waals surface area contributed by atoms with Crippen LogP contribution < -0.4 is 0 Å². The average molecular weight is 431 g/mol. The van der Waals surface area contributed by atoms with E-state index in [4.69, 9.17) is 0 Å². The summed E-state index contributed by atoms with van der Waals surface area (Å²) < 4.78 is 0. The summed E-state index contributed by atoms with van der Waals surface area (Å²) in [6.07, 6.45) is 20.4. The Bertz CT molecular complexity index is 640. The first-order chi connectivity index (χ1) is 14.6. The van der Waals surface area contributed by atoms with Crippen LogP contribution in [0.1, 0.15) is 118 Å². The van der Waals surface area contributed by atoms with E-state index in [-0.39, 0.29) is 6.10 Å². The quantitative estimate of drug-likeness (QED) is 0.436. The molecule has 6 atom stereocenters. The standard InChI is InChI=1S/C29H50O2/c1-6-23-16-14-22(20-27(23)30)15-17-24-11-9-19-29(5)25(12-7-13-26(24)29)21(2)10-8-18-28(3,4)31/h15,17,21,23,25-27,30-31H,6-14,16,18-20H2,1-5H3/b22-15-,24-17+. The van der Waals surface area contributed by atoms with Gasteiger partial charge in [0.25, 0.3) is 0 Å². The molecule has 2 N–H and O–H groups in total. The van der Waals surface area contributed by atoms with Crippen molar-refractivity contribution in [1.82, 2.24) is 0 Å². The summed E-state index contributed by atoms with van der Waals surface area (Å²) in [6.45, 7) is 11.2. The fourth-order valence-electron chi connectivity index (χ4n) is 7.42. The molecule has 3 aliphatic rings. The second kappa shape index (κ2) is 10.6. The molecular weight excluding hydrogens is 380 g/mol. The fraction of sp³-hybridized carbons (Fsp3) is 0.862. The van der Waals surface area contributed by atoms with Crippen LogP contribution in [-0.2, 0) is 0 Å². The normalized spacial score (nSPS) is 38.3. The first-order valence-corrected chi connectivity index (χ1v) is 13.4. The third kappa shape index (κ3) is 6.26. The monoisotopic (exact) mass is 430 g/mol. The highest BCUT2D eigenvalue weighted by molar-refractivity contribution is 5.25. The number of hydrogen-bond acceptors (Lipinski definition) is 2. The van der Waals surface area contributed by atoms with Gasteiger partial charge in [-0.15, -0.1) is 0 Å². The molecule has 3 fully saturated rings. The van der Waals surface area contributed by atoms with Gasteiger partial charge in [-0.3, -0.25) is 0 Å². The van der Waals surface area contributed by atoms with Crippen LogP contribution in [0.2, 0.25) is 0 Å². The lowest BCUT2D eigenvalue weighted by Gasteiger charge is -2.54. The second-order valence-corrected chi connectivity index (χ2v) is 12.2. The maximum Gasteiger partial charge on any atom is 0.0605 e. The van der Waals surface area contributed by atoms with Gasteiger partial charge in [0, 0.05) is 0 Å². The molecule has 6 unspecified atom stereocenters. The third-order valence-corrected chi connectivity index (χ3v) is 9.32. The molecule has 0 aromatic carbocycles. The molecule has 0 heterocycles. The first kappa shape index (κ1) is 25.0. The summed E-state index contributed by atoms with van der Waals surface area (Å²) in [5.41, 5.74) is 3.07. The number of rotatable bonds is 7. The van der Waals surface area contributed by atoms with E-state index in [9.17, 15) is 10.2 Å². The molecule has 0 saturated heterocycles. The highest BCUT2D eigenvalue weighted by atomic mass is 16.3. The Morgan fingerprint density at radius 3 is 2.58 bits per heavy atom. The maximum atomic E-state index is 10.4. The average Bonchev–Trinajstić information content (AvgIpc) is 2.70. The topological polar surface area (TPSA) is 40.5 Å². The number of fused-ring (bicyclic) bond motifs is 1. The zero-order valence-corrected chi connectivity index (χ0v) is 21.1. The highest BCUT2D eigenvalue weighted by Gasteiger charge is 2.48. The molecule has 0 aliphatic heterocycles. The Morgan fingerprint density at radius 2 is 1.90 bits per heavy atom. The molecule has 3 aliphatic carbocycles. The molecule has 2 nitrogen and oxygen atoms in total. The van der Waals surface area contributed by atoms with Gasteiger partial charge in [0.05, 0.1) is 11.7 Å². The van der Waals surface area contributed by atoms with Crippen molar-refractivity contribution >= 4 is 0 Å². The van der Waals surface area contributed by atoms with Gasteiger partial charge in [0.1, 0.15) is 0 Å². The van der Waals surface area contributed by atoms with Gasteiger partial charge in [-0.1, -0.05) is 69.8 Å². The molecular formula is C29H50O2. The molecule has 178 valence electrons. The van der Waals surface area contributed by atoms with E-state index < -0.39 is 5.60 Å². The van der Waals surface area contributed by atoms with Gasteiger partial charge in [-0.05, 0) is 101 Å². The van der Waals surface area contributed by atoms with Crippen LogP contribution in [0.4, 0.5) is 0 Å². The van der Waals surface area contributed by atoms with Crippen molar-refractivity contribution < 1.29 is 10.2 Å². The van der Waals surface area contributed by atoms with Crippen LogP contribution in [-0.4, -0.2) is 21.9 Å².